The number of pyridine rings is 1. The molecule has 0 radical (unpaired) electrons. The van der Waals surface area contributed by atoms with Gasteiger partial charge in [-0.05, 0) is 68.2 Å². The zero-order valence-electron chi connectivity index (χ0n) is 18.9. The fourth-order valence-corrected chi connectivity index (χ4v) is 6.28. The Balaban J connectivity index is 1.06. The average Bonchev–Trinajstić information content (AvgIpc) is 3.15. The second-order valence-electron chi connectivity index (χ2n) is 9.61. The molecule has 6 nitrogen and oxygen atoms in total. The lowest BCUT2D eigenvalue weighted by atomic mass is 9.99. The van der Waals surface area contributed by atoms with Crippen molar-refractivity contribution in [2.24, 2.45) is 12.5 Å². The lowest BCUT2D eigenvalue weighted by Crippen LogP contribution is -2.23. The molecule has 0 aromatic carbocycles. The smallest absolute Gasteiger partial charge is 0.381 e. The molecule has 3 fully saturated rings. The van der Waals surface area contributed by atoms with Crippen LogP contribution in [0.3, 0.4) is 0 Å². The molecule has 2 aliphatic heterocycles. The average molecular weight is 482 g/mol. The van der Waals surface area contributed by atoms with Gasteiger partial charge in [-0.1, -0.05) is 17.8 Å². The van der Waals surface area contributed by atoms with E-state index in [1.165, 1.54) is 6.20 Å². The van der Waals surface area contributed by atoms with Gasteiger partial charge in [-0.25, -0.2) is 0 Å². The van der Waals surface area contributed by atoms with Crippen LogP contribution in [0, 0.1) is 5.41 Å². The summed E-state index contributed by atoms with van der Waals surface area (Å²) in [6.07, 6.45) is 2.32. The van der Waals surface area contributed by atoms with Gasteiger partial charge in [0, 0.05) is 44.7 Å². The molecule has 5 rings (SSSR count). The Labute approximate surface area is 196 Å². The molecule has 10 heteroatoms. The van der Waals surface area contributed by atoms with Crippen LogP contribution < -0.4 is 0 Å². The number of hydrogen-bond acceptors (Lipinski definition) is 6. The molecule has 2 atom stereocenters. The van der Waals surface area contributed by atoms with Gasteiger partial charge in [0.2, 0.25) is 0 Å². The number of alkyl halides is 3. The lowest BCUT2D eigenvalue weighted by molar-refractivity contribution is -0.141. The lowest BCUT2D eigenvalue weighted by Gasteiger charge is -2.21. The standard InChI is InChI=1S/C23H30F3N5OS/c1-30-20(16-5-10-32-11-6-16)28-29-21(30)33-12-2-8-31-9-7-22(15-31)13-18(22)17-3-4-19(27-14-17)23(24,25)26/h3-4,14,16,18H,2,5-13,15H2,1H3/t18?,22-/m0/s1. The highest BCUT2D eigenvalue weighted by Crippen LogP contribution is 2.64. The minimum absolute atomic E-state index is 0.233. The van der Waals surface area contributed by atoms with E-state index >= 15 is 0 Å². The molecule has 4 heterocycles. The summed E-state index contributed by atoms with van der Waals surface area (Å²) >= 11 is 1.76. The zero-order valence-corrected chi connectivity index (χ0v) is 19.7. The molecule has 1 spiro atoms. The van der Waals surface area contributed by atoms with E-state index in [1.54, 1.807) is 17.8 Å². The second-order valence-corrected chi connectivity index (χ2v) is 10.7. The first-order chi connectivity index (χ1) is 15.9. The predicted octanol–water partition coefficient (Wildman–Crippen LogP) is 4.48. The molecule has 0 amide bonds. The monoisotopic (exact) mass is 481 g/mol. The van der Waals surface area contributed by atoms with Crippen LogP contribution in [-0.4, -0.2) is 63.2 Å². The van der Waals surface area contributed by atoms with Gasteiger partial charge in [-0.3, -0.25) is 4.98 Å². The number of ether oxygens (including phenoxy) is 1. The van der Waals surface area contributed by atoms with Crippen molar-refractivity contribution in [1.82, 2.24) is 24.6 Å². The summed E-state index contributed by atoms with van der Waals surface area (Å²) in [4.78, 5) is 6.15. The summed E-state index contributed by atoms with van der Waals surface area (Å²) in [5.41, 5.74) is 0.369. The zero-order chi connectivity index (χ0) is 23.1. The Morgan fingerprint density at radius 2 is 2.03 bits per heavy atom. The third kappa shape index (κ3) is 4.93. The second kappa shape index (κ2) is 9.19. The van der Waals surface area contributed by atoms with Crippen LogP contribution in [0.1, 0.15) is 61.0 Å². The van der Waals surface area contributed by atoms with Crippen LogP contribution in [0.15, 0.2) is 23.5 Å². The minimum Gasteiger partial charge on any atom is -0.381 e. The molecule has 2 aromatic heterocycles. The summed E-state index contributed by atoms with van der Waals surface area (Å²) in [5.74, 6) is 2.85. The van der Waals surface area contributed by atoms with Crippen molar-refractivity contribution < 1.29 is 17.9 Å². The third-order valence-electron chi connectivity index (χ3n) is 7.44. The maximum absolute atomic E-state index is 12.8. The highest BCUT2D eigenvalue weighted by molar-refractivity contribution is 7.99. The van der Waals surface area contributed by atoms with Crippen LogP contribution in [0.5, 0.6) is 0 Å². The third-order valence-corrected chi connectivity index (χ3v) is 8.54. The number of rotatable bonds is 7. The topological polar surface area (TPSA) is 56.1 Å². The molecule has 1 saturated carbocycles. The Kier molecular flexibility index (Phi) is 6.43. The van der Waals surface area contributed by atoms with Gasteiger partial charge < -0.3 is 14.2 Å². The fourth-order valence-electron chi connectivity index (χ4n) is 5.44. The summed E-state index contributed by atoms with van der Waals surface area (Å²) in [6, 6.07) is 2.73. The van der Waals surface area contributed by atoms with Crippen molar-refractivity contribution in [3.63, 3.8) is 0 Å². The van der Waals surface area contributed by atoms with Crippen molar-refractivity contribution in [1.29, 1.82) is 0 Å². The van der Waals surface area contributed by atoms with Crippen LogP contribution in [0.4, 0.5) is 13.2 Å². The highest BCUT2D eigenvalue weighted by Gasteiger charge is 2.57. The maximum atomic E-state index is 12.8. The molecule has 3 aliphatic rings. The maximum Gasteiger partial charge on any atom is 0.433 e. The number of aromatic nitrogens is 4. The van der Waals surface area contributed by atoms with E-state index in [9.17, 15) is 13.2 Å². The molecule has 1 unspecified atom stereocenters. The van der Waals surface area contributed by atoms with Crippen LogP contribution in [0.2, 0.25) is 0 Å². The molecule has 180 valence electrons. The van der Waals surface area contributed by atoms with Gasteiger partial charge in [-0.15, -0.1) is 10.2 Å². The predicted molar refractivity (Wildman–Crippen MR) is 119 cm³/mol. The van der Waals surface area contributed by atoms with Gasteiger partial charge in [0.15, 0.2) is 5.16 Å². The molecule has 33 heavy (non-hydrogen) atoms. The normalized spacial score (nSPS) is 26.4. The van der Waals surface area contributed by atoms with Gasteiger partial charge in [-0.2, -0.15) is 13.2 Å². The van der Waals surface area contributed by atoms with Gasteiger partial charge >= 0.3 is 6.18 Å². The van der Waals surface area contributed by atoms with Crippen LogP contribution >= 0.6 is 11.8 Å². The Morgan fingerprint density at radius 3 is 2.76 bits per heavy atom. The van der Waals surface area contributed by atoms with Gasteiger partial charge in [0.25, 0.3) is 0 Å². The summed E-state index contributed by atoms with van der Waals surface area (Å²) in [5, 5.41) is 9.82. The minimum atomic E-state index is -4.38. The molecule has 0 bridgehead atoms. The highest BCUT2D eigenvalue weighted by atomic mass is 32.2. The number of thioether (sulfide) groups is 1. The van der Waals surface area contributed by atoms with Crippen molar-refractivity contribution in [3.05, 3.63) is 35.4 Å². The quantitative estimate of drug-likeness (QED) is 0.429. The first-order valence-electron chi connectivity index (χ1n) is 11.7. The van der Waals surface area contributed by atoms with E-state index in [4.69, 9.17) is 4.74 Å². The molecular weight excluding hydrogens is 451 g/mol. The molecule has 1 aliphatic carbocycles. The molecule has 0 N–H and O–H groups in total. The van der Waals surface area contributed by atoms with E-state index in [1.807, 2.05) is 0 Å². The van der Waals surface area contributed by atoms with Crippen molar-refractivity contribution in [3.8, 4) is 0 Å². The number of likely N-dealkylation sites (tertiary alicyclic amines) is 1. The molecule has 2 saturated heterocycles. The Morgan fingerprint density at radius 1 is 1.21 bits per heavy atom. The van der Waals surface area contributed by atoms with Crippen LogP contribution in [-0.2, 0) is 18.0 Å². The summed E-state index contributed by atoms with van der Waals surface area (Å²) in [7, 11) is 2.06. The number of nitrogens with zero attached hydrogens (tertiary/aromatic N) is 5. The van der Waals surface area contributed by atoms with E-state index in [0.29, 0.717) is 11.8 Å². The first-order valence-corrected chi connectivity index (χ1v) is 12.7. The Bertz CT molecular complexity index is 960. The van der Waals surface area contributed by atoms with Crippen LogP contribution in [0.25, 0.3) is 0 Å². The number of halogens is 3. The molecule has 2 aromatic rings. The number of hydrogen-bond donors (Lipinski definition) is 0. The van der Waals surface area contributed by atoms with Gasteiger partial charge in [0.05, 0.1) is 0 Å². The van der Waals surface area contributed by atoms with E-state index in [0.717, 1.165) is 93.3 Å². The summed E-state index contributed by atoms with van der Waals surface area (Å²) in [6.45, 7) is 4.73. The Hall–Kier alpha value is -1.65. The fraction of sp³-hybridized carbons (Fsp3) is 0.696. The SMILES string of the molecule is Cn1c(SCCCN2CC[C@]3(CC3c3ccc(C(F)(F)F)nc3)C2)nnc1C1CCOCC1. The van der Waals surface area contributed by atoms with Gasteiger partial charge in [0.1, 0.15) is 11.5 Å². The largest absolute Gasteiger partial charge is 0.433 e. The van der Waals surface area contributed by atoms with Crippen molar-refractivity contribution in [2.75, 3.05) is 38.6 Å². The van der Waals surface area contributed by atoms with Crippen molar-refractivity contribution in [2.45, 2.75) is 55.3 Å². The van der Waals surface area contributed by atoms with E-state index in [-0.39, 0.29) is 5.41 Å². The van der Waals surface area contributed by atoms with Crippen molar-refractivity contribution >= 4 is 11.8 Å². The first kappa shape index (κ1) is 23.1. The van der Waals surface area contributed by atoms with E-state index in [2.05, 4.69) is 31.7 Å². The van der Waals surface area contributed by atoms with E-state index < -0.39 is 11.9 Å². The molecular formula is C23H30F3N5OS. The summed E-state index contributed by atoms with van der Waals surface area (Å²) < 4.78 is 45.9.